The summed E-state index contributed by atoms with van der Waals surface area (Å²) < 4.78 is 5.28. The zero-order chi connectivity index (χ0) is 16.1. The Balaban J connectivity index is 1.91. The highest BCUT2D eigenvalue weighted by molar-refractivity contribution is 6.35. The molecular weight excluding hydrogens is 329 g/mol. The minimum atomic E-state index is -1.28. The lowest BCUT2D eigenvalue weighted by Gasteiger charge is -2.09. The molecule has 7 heteroatoms. The van der Waals surface area contributed by atoms with Gasteiger partial charge in [-0.05, 0) is 35.9 Å². The molecule has 0 radical (unpaired) electrons. The van der Waals surface area contributed by atoms with Crippen LogP contribution in [0.2, 0.25) is 10.0 Å². The van der Waals surface area contributed by atoms with E-state index < -0.39 is 11.9 Å². The zero-order valence-electron chi connectivity index (χ0n) is 11.1. The molecule has 114 valence electrons. The third-order valence-corrected chi connectivity index (χ3v) is 3.19. The lowest BCUT2D eigenvalue weighted by atomic mass is 10.2. The minimum absolute atomic E-state index is 0.0298. The first-order valence-electron chi connectivity index (χ1n) is 6.15. The molecule has 0 atom stereocenters. The van der Waals surface area contributed by atoms with Gasteiger partial charge < -0.3 is 20.0 Å². The number of halogens is 2. The number of anilines is 1. The molecule has 0 bridgehead atoms. The van der Waals surface area contributed by atoms with Gasteiger partial charge in [-0.3, -0.25) is 4.79 Å². The van der Waals surface area contributed by atoms with Crippen LogP contribution in [-0.2, 0) is 4.79 Å². The van der Waals surface area contributed by atoms with E-state index in [4.69, 9.17) is 27.9 Å². The van der Waals surface area contributed by atoms with Crippen LogP contribution in [0.4, 0.5) is 5.69 Å². The van der Waals surface area contributed by atoms with Crippen molar-refractivity contribution in [2.24, 2.45) is 0 Å². The normalized spacial score (nSPS) is 10.1. The van der Waals surface area contributed by atoms with Crippen molar-refractivity contribution in [1.29, 1.82) is 0 Å². The van der Waals surface area contributed by atoms with Crippen LogP contribution in [0.1, 0.15) is 10.4 Å². The van der Waals surface area contributed by atoms with E-state index in [1.807, 2.05) is 0 Å². The Morgan fingerprint density at radius 2 is 1.77 bits per heavy atom. The summed E-state index contributed by atoms with van der Waals surface area (Å²) >= 11 is 11.7. The molecule has 0 aliphatic carbocycles. The Hall–Kier alpha value is -2.24. The SMILES string of the molecule is O=C(COc1ccc(Cl)cc1Cl)Nc1ccc(C(=O)[O-])cc1. The summed E-state index contributed by atoms with van der Waals surface area (Å²) in [5.41, 5.74) is 0.475. The van der Waals surface area contributed by atoms with Gasteiger partial charge in [0.15, 0.2) is 6.61 Å². The van der Waals surface area contributed by atoms with E-state index in [1.54, 1.807) is 12.1 Å². The van der Waals surface area contributed by atoms with Gasteiger partial charge in [0.25, 0.3) is 5.91 Å². The van der Waals surface area contributed by atoms with Gasteiger partial charge in [-0.15, -0.1) is 0 Å². The number of benzene rings is 2. The highest BCUT2D eigenvalue weighted by Gasteiger charge is 2.07. The Bertz CT molecular complexity index is 701. The van der Waals surface area contributed by atoms with Gasteiger partial charge in [0.1, 0.15) is 5.75 Å². The van der Waals surface area contributed by atoms with Crippen LogP contribution in [0.25, 0.3) is 0 Å². The fourth-order valence-corrected chi connectivity index (χ4v) is 2.09. The van der Waals surface area contributed by atoms with Crippen LogP contribution in [0.5, 0.6) is 5.75 Å². The van der Waals surface area contributed by atoms with Crippen LogP contribution in [0.3, 0.4) is 0 Å². The van der Waals surface area contributed by atoms with E-state index in [0.29, 0.717) is 21.5 Å². The monoisotopic (exact) mass is 338 g/mol. The average Bonchev–Trinajstić information content (AvgIpc) is 2.47. The lowest BCUT2D eigenvalue weighted by Crippen LogP contribution is -2.22. The second-order valence-corrected chi connectivity index (χ2v) is 5.12. The predicted octanol–water partition coefficient (Wildman–Crippen LogP) is 2.37. The number of hydrogen-bond acceptors (Lipinski definition) is 4. The van der Waals surface area contributed by atoms with E-state index in [0.717, 1.165) is 0 Å². The quantitative estimate of drug-likeness (QED) is 0.907. The van der Waals surface area contributed by atoms with Crippen molar-refractivity contribution in [2.45, 2.75) is 0 Å². The standard InChI is InChI=1S/C15H11Cl2NO4/c16-10-3-6-13(12(17)7-10)22-8-14(19)18-11-4-1-9(2-5-11)15(20)21/h1-7H,8H2,(H,18,19)(H,20,21)/p-1. The molecule has 5 nitrogen and oxygen atoms in total. The van der Waals surface area contributed by atoms with E-state index in [9.17, 15) is 14.7 Å². The number of nitrogens with one attached hydrogen (secondary N) is 1. The maximum atomic E-state index is 11.7. The van der Waals surface area contributed by atoms with Crippen molar-refractivity contribution in [2.75, 3.05) is 11.9 Å². The van der Waals surface area contributed by atoms with Gasteiger partial charge in [-0.1, -0.05) is 35.3 Å². The first-order chi connectivity index (χ1) is 10.5. The second-order valence-electron chi connectivity index (χ2n) is 4.28. The summed E-state index contributed by atoms with van der Waals surface area (Å²) in [6.45, 7) is -0.246. The molecular formula is C15H10Cl2NO4-. The third kappa shape index (κ3) is 4.38. The molecule has 2 aromatic carbocycles. The van der Waals surface area contributed by atoms with Gasteiger partial charge in [0, 0.05) is 10.7 Å². The van der Waals surface area contributed by atoms with Crippen LogP contribution in [0.15, 0.2) is 42.5 Å². The number of aromatic carboxylic acids is 1. The molecule has 1 N–H and O–H groups in total. The number of amides is 1. The van der Waals surface area contributed by atoms with E-state index >= 15 is 0 Å². The molecule has 1 amide bonds. The van der Waals surface area contributed by atoms with Gasteiger partial charge in [0.2, 0.25) is 0 Å². The van der Waals surface area contributed by atoms with Gasteiger partial charge >= 0.3 is 0 Å². The number of ether oxygens (including phenoxy) is 1. The third-order valence-electron chi connectivity index (χ3n) is 2.66. The first-order valence-corrected chi connectivity index (χ1v) is 6.90. The second kappa shape index (κ2) is 7.15. The smallest absolute Gasteiger partial charge is 0.262 e. The number of carbonyl (C=O) groups excluding carboxylic acids is 2. The maximum absolute atomic E-state index is 11.7. The van der Waals surface area contributed by atoms with Gasteiger partial charge in [-0.2, -0.15) is 0 Å². The summed E-state index contributed by atoms with van der Waals surface area (Å²) in [5, 5.41) is 13.9. The number of rotatable bonds is 5. The molecule has 0 saturated carbocycles. The first kappa shape index (κ1) is 16.1. The molecule has 2 rings (SSSR count). The summed E-state index contributed by atoms with van der Waals surface area (Å²) in [6, 6.07) is 10.3. The van der Waals surface area contributed by atoms with E-state index in [-0.39, 0.29) is 12.2 Å². The maximum Gasteiger partial charge on any atom is 0.262 e. The molecule has 2 aromatic rings. The topological polar surface area (TPSA) is 78.5 Å². The largest absolute Gasteiger partial charge is 0.545 e. The summed E-state index contributed by atoms with van der Waals surface area (Å²) in [4.78, 5) is 22.4. The van der Waals surface area contributed by atoms with Crippen molar-refractivity contribution in [3.05, 3.63) is 58.1 Å². The molecule has 0 fully saturated rings. The number of carboxylic acid groups (broad SMARTS) is 1. The molecule has 0 aliphatic rings. The van der Waals surface area contributed by atoms with Gasteiger partial charge in [-0.25, -0.2) is 0 Å². The van der Waals surface area contributed by atoms with Crippen LogP contribution in [0, 0.1) is 0 Å². The highest BCUT2D eigenvalue weighted by atomic mass is 35.5. The molecule has 0 saturated heterocycles. The Morgan fingerprint density at radius 1 is 1.09 bits per heavy atom. The van der Waals surface area contributed by atoms with Crippen LogP contribution in [-0.4, -0.2) is 18.5 Å². The van der Waals surface area contributed by atoms with Crippen molar-refractivity contribution in [3.63, 3.8) is 0 Å². The van der Waals surface area contributed by atoms with Crippen molar-refractivity contribution in [1.82, 2.24) is 0 Å². The zero-order valence-corrected chi connectivity index (χ0v) is 12.6. The number of hydrogen-bond donors (Lipinski definition) is 1. The fourth-order valence-electron chi connectivity index (χ4n) is 1.62. The summed E-state index contributed by atoms with van der Waals surface area (Å²) in [5.74, 6) is -1.35. The number of carboxylic acids is 1. The summed E-state index contributed by atoms with van der Waals surface area (Å²) in [7, 11) is 0. The Labute approximate surface area is 136 Å². The van der Waals surface area contributed by atoms with Crippen molar-refractivity contribution in [3.8, 4) is 5.75 Å². The van der Waals surface area contributed by atoms with E-state index in [2.05, 4.69) is 5.32 Å². The van der Waals surface area contributed by atoms with E-state index in [1.165, 1.54) is 30.3 Å². The van der Waals surface area contributed by atoms with Crippen LogP contribution >= 0.6 is 23.2 Å². The van der Waals surface area contributed by atoms with Gasteiger partial charge in [0.05, 0.1) is 11.0 Å². The molecule has 0 spiro atoms. The predicted molar refractivity (Wildman–Crippen MR) is 81.4 cm³/mol. The highest BCUT2D eigenvalue weighted by Crippen LogP contribution is 2.27. The molecule has 22 heavy (non-hydrogen) atoms. The summed E-state index contributed by atoms with van der Waals surface area (Å²) in [6.07, 6.45) is 0. The fraction of sp³-hybridized carbons (Fsp3) is 0.0667. The lowest BCUT2D eigenvalue weighted by molar-refractivity contribution is -0.255. The molecule has 0 aliphatic heterocycles. The Morgan fingerprint density at radius 3 is 2.36 bits per heavy atom. The Kier molecular flexibility index (Phi) is 5.25. The average molecular weight is 339 g/mol. The minimum Gasteiger partial charge on any atom is -0.545 e. The molecule has 0 aromatic heterocycles. The van der Waals surface area contributed by atoms with Crippen molar-refractivity contribution >= 4 is 40.8 Å². The molecule has 0 unspecified atom stereocenters. The molecule has 0 heterocycles. The van der Waals surface area contributed by atoms with Crippen LogP contribution < -0.4 is 15.2 Å². The number of carbonyl (C=O) groups is 2. The van der Waals surface area contributed by atoms with Crippen molar-refractivity contribution < 1.29 is 19.4 Å².